The second-order valence-electron chi connectivity index (χ2n) is 4.35. The number of hydrogen-bond donors (Lipinski definition) is 1. The molecule has 0 radical (unpaired) electrons. The molecule has 7 nitrogen and oxygen atoms in total. The first-order valence-corrected chi connectivity index (χ1v) is 7.48. The summed E-state index contributed by atoms with van der Waals surface area (Å²) in [6.07, 6.45) is -0.0683. The zero-order valence-corrected chi connectivity index (χ0v) is 10.8. The van der Waals surface area contributed by atoms with E-state index in [1.807, 2.05) is 0 Å². The Labute approximate surface area is 109 Å². The third-order valence-corrected chi connectivity index (χ3v) is 4.65. The summed E-state index contributed by atoms with van der Waals surface area (Å²) in [6.45, 7) is -0.406. The van der Waals surface area contributed by atoms with Crippen molar-refractivity contribution in [2.24, 2.45) is 0 Å². The predicted octanol–water partition coefficient (Wildman–Crippen LogP) is 0.653. The maximum atomic E-state index is 11.3. The smallest absolute Gasteiger partial charge is 0.270 e. The van der Waals surface area contributed by atoms with Gasteiger partial charge in [0, 0.05) is 17.7 Å². The van der Waals surface area contributed by atoms with E-state index in [1.54, 1.807) is 0 Å². The SMILES string of the molecule is O=[N+]([O-])c1ccc(OC2CCS(=O)(=O)C2)c(CO)c1. The topological polar surface area (TPSA) is 107 Å². The minimum Gasteiger partial charge on any atom is -0.489 e. The van der Waals surface area contributed by atoms with Crippen molar-refractivity contribution in [1.29, 1.82) is 0 Å². The van der Waals surface area contributed by atoms with E-state index >= 15 is 0 Å². The van der Waals surface area contributed by atoms with Crippen molar-refractivity contribution >= 4 is 15.5 Å². The molecule has 1 heterocycles. The van der Waals surface area contributed by atoms with Gasteiger partial charge in [0.25, 0.3) is 5.69 Å². The number of sulfone groups is 1. The van der Waals surface area contributed by atoms with Crippen molar-refractivity contribution in [3.8, 4) is 5.75 Å². The van der Waals surface area contributed by atoms with Crippen LogP contribution in [0.4, 0.5) is 5.69 Å². The van der Waals surface area contributed by atoms with Crippen LogP contribution in [0.1, 0.15) is 12.0 Å². The van der Waals surface area contributed by atoms with Crippen LogP contribution in [-0.2, 0) is 16.4 Å². The van der Waals surface area contributed by atoms with Crippen molar-refractivity contribution in [3.63, 3.8) is 0 Å². The Kier molecular flexibility index (Phi) is 3.72. The monoisotopic (exact) mass is 287 g/mol. The van der Waals surface area contributed by atoms with Crippen molar-refractivity contribution in [1.82, 2.24) is 0 Å². The van der Waals surface area contributed by atoms with Crippen LogP contribution in [0.25, 0.3) is 0 Å². The Morgan fingerprint density at radius 2 is 2.21 bits per heavy atom. The summed E-state index contributed by atoms with van der Waals surface area (Å²) in [5.74, 6) is 0.309. The Morgan fingerprint density at radius 1 is 1.47 bits per heavy atom. The second kappa shape index (κ2) is 5.14. The fraction of sp³-hybridized carbons (Fsp3) is 0.455. The van der Waals surface area contributed by atoms with E-state index in [0.29, 0.717) is 6.42 Å². The van der Waals surface area contributed by atoms with Crippen LogP contribution in [-0.4, -0.2) is 36.1 Å². The molecule has 1 aromatic carbocycles. The molecule has 1 fully saturated rings. The largest absolute Gasteiger partial charge is 0.489 e. The van der Waals surface area contributed by atoms with Gasteiger partial charge in [-0.15, -0.1) is 0 Å². The molecule has 1 atom stereocenters. The van der Waals surface area contributed by atoms with Gasteiger partial charge in [-0.3, -0.25) is 10.1 Å². The van der Waals surface area contributed by atoms with E-state index in [1.165, 1.54) is 18.2 Å². The number of nitro benzene ring substituents is 1. The maximum absolute atomic E-state index is 11.3. The van der Waals surface area contributed by atoms with E-state index in [9.17, 15) is 23.6 Å². The highest BCUT2D eigenvalue weighted by Crippen LogP contribution is 2.27. The van der Waals surface area contributed by atoms with Gasteiger partial charge >= 0.3 is 0 Å². The minimum atomic E-state index is -3.05. The van der Waals surface area contributed by atoms with Gasteiger partial charge in [0.1, 0.15) is 11.9 Å². The van der Waals surface area contributed by atoms with E-state index < -0.39 is 27.5 Å². The number of hydrogen-bond acceptors (Lipinski definition) is 6. The van der Waals surface area contributed by atoms with Gasteiger partial charge in [0.05, 0.1) is 23.0 Å². The highest BCUT2D eigenvalue weighted by Gasteiger charge is 2.30. The molecule has 0 aromatic heterocycles. The van der Waals surface area contributed by atoms with Gasteiger partial charge in [0.15, 0.2) is 9.84 Å². The van der Waals surface area contributed by atoms with Gasteiger partial charge in [-0.2, -0.15) is 0 Å². The molecule has 0 spiro atoms. The molecule has 0 bridgehead atoms. The zero-order valence-electron chi connectivity index (χ0n) is 9.98. The average molecular weight is 287 g/mol. The molecule has 0 aliphatic carbocycles. The molecule has 1 saturated heterocycles. The van der Waals surface area contributed by atoms with Gasteiger partial charge in [0.2, 0.25) is 0 Å². The molecule has 0 saturated carbocycles. The number of rotatable bonds is 4. The van der Waals surface area contributed by atoms with Crippen LogP contribution in [0.3, 0.4) is 0 Å². The molecular formula is C11H13NO6S. The normalized spacial score (nSPS) is 21.2. The number of nitro groups is 1. The second-order valence-corrected chi connectivity index (χ2v) is 6.58. The van der Waals surface area contributed by atoms with Crippen LogP contribution in [0.2, 0.25) is 0 Å². The maximum Gasteiger partial charge on any atom is 0.270 e. The van der Waals surface area contributed by atoms with E-state index in [-0.39, 0.29) is 28.5 Å². The van der Waals surface area contributed by atoms with Crippen LogP contribution in [0.5, 0.6) is 5.75 Å². The summed E-state index contributed by atoms with van der Waals surface area (Å²) in [6, 6.07) is 3.87. The molecule has 1 aromatic rings. The highest BCUT2D eigenvalue weighted by molar-refractivity contribution is 7.91. The Balaban J connectivity index is 2.19. The summed E-state index contributed by atoms with van der Waals surface area (Å²) in [5.41, 5.74) is 0.133. The number of ether oxygens (including phenoxy) is 1. The van der Waals surface area contributed by atoms with Crippen LogP contribution in [0.15, 0.2) is 18.2 Å². The van der Waals surface area contributed by atoms with Gasteiger partial charge in [-0.05, 0) is 12.5 Å². The first kappa shape index (κ1) is 13.8. The van der Waals surface area contributed by atoms with Crippen LogP contribution in [0, 0.1) is 10.1 Å². The molecular weight excluding hydrogens is 274 g/mol. The van der Waals surface area contributed by atoms with E-state index in [0.717, 1.165) is 0 Å². The van der Waals surface area contributed by atoms with Crippen LogP contribution >= 0.6 is 0 Å². The van der Waals surface area contributed by atoms with Gasteiger partial charge in [-0.1, -0.05) is 0 Å². The summed E-state index contributed by atoms with van der Waals surface area (Å²) >= 11 is 0. The first-order chi connectivity index (χ1) is 8.91. The lowest BCUT2D eigenvalue weighted by atomic mass is 10.2. The number of aliphatic hydroxyl groups is 1. The van der Waals surface area contributed by atoms with Crippen molar-refractivity contribution in [3.05, 3.63) is 33.9 Å². The first-order valence-electron chi connectivity index (χ1n) is 5.66. The third-order valence-electron chi connectivity index (χ3n) is 2.91. The average Bonchev–Trinajstić information content (AvgIpc) is 2.69. The molecule has 2 rings (SSSR count). The number of aliphatic hydroxyl groups excluding tert-OH is 1. The predicted molar refractivity (Wildman–Crippen MR) is 66.7 cm³/mol. The minimum absolute atomic E-state index is 0.0607. The summed E-state index contributed by atoms with van der Waals surface area (Å²) in [5, 5.41) is 19.8. The molecule has 1 aliphatic heterocycles. The molecule has 1 unspecified atom stereocenters. The number of benzene rings is 1. The highest BCUT2D eigenvalue weighted by atomic mass is 32.2. The zero-order chi connectivity index (χ0) is 14.0. The Hall–Kier alpha value is -1.67. The lowest BCUT2D eigenvalue weighted by Crippen LogP contribution is -2.18. The van der Waals surface area contributed by atoms with E-state index in [4.69, 9.17) is 4.74 Å². The summed E-state index contributed by atoms with van der Waals surface area (Å²) in [7, 11) is -3.05. The summed E-state index contributed by atoms with van der Waals surface area (Å²) < 4.78 is 28.1. The molecule has 1 N–H and O–H groups in total. The summed E-state index contributed by atoms with van der Waals surface area (Å²) in [4.78, 5) is 10.0. The standard InChI is InChI=1S/C11H13NO6S/c13-6-8-5-9(12(14)15)1-2-11(8)18-10-3-4-19(16,17)7-10/h1-2,5,10,13H,3-4,6-7H2. The Bertz CT molecular complexity index is 597. The fourth-order valence-corrected chi connectivity index (χ4v) is 3.54. The number of nitrogens with zero attached hydrogens (tertiary/aromatic N) is 1. The molecule has 104 valence electrons. The number of non-ortho nitro benzene ring substituents is 1. The molecule has 8 heteroatoms. The van der Waals surface area contributed by atoms with E-state index in [2.05, 4.69) is 0 Å². The van der Waals surface area contributed by atoms with Crippen molar-refractivity contribution in [2.75, 3.05) is 11.5 Å². The third kappa shape index (κ3) is 3.21. The van der Waals surface area contributed by atoms with Gasteiger partial charge in [-0.25, -0.2) is 8.42 Å². The molecule has 0 amide bonds. The van der Waals surface area contributed by atoms with Crippen LogP contribution < -0.4 is 4.74 Å². The van der Waals surface area contributed by atoms with Gasteiger partial charge < -0.3 is 9.84 Å². The van der Waals surface area contributed by atoms with Crippen molar-refractivity contribution in [2.45, 2.75) is 19.1 Å². The lowest BCUT2D eigenvalue weighted by molar-refractivity contribution is -0.385. The molecule has 19 heavy (non-hydrogen) atoms. The lowest BCUT2D eigenvalue weighted by Gasteiger charge is -2.14. The Morgan fingerprint density at radius 3 is 2.74 bits per heavy atom. The van der Waals surface area contributed by atoms with Crippen molar-refractivity contribution < 1.29 is 23.2 Å². The molecule has 1 aliphatic rings. The fourth-order valence-electron chi connectivity index (χ4n) is 1.95. The quantitative estimate of drug-likeness (QED) is 0.643.